The number of nitrogens with one attached hydrogen (secondary N) is 1. The summed E-state index contributed by atoms with van der Waals surface area (Å²) < 4.78 is 114. The van der Waals surface area contributed by atoms with Gasteiger partial charge in [-0.05, 0) is 34.1 Å². The van der Waals surface area contributed by atoms with E-state index in [9.17, 15) is 44.7 Å². The molecule has 0 aromatic heterocycles. The molecule has 0 aliphatic carbocycles. The normalized spacial score (nSPS) is 14.3. The number of hydrogen-bond donors (Lipinski definition) is 2. The molecule has 7 nitrogen and oxygen atoms in total. The van der Waals surface area contributed by atoms with E-state index in [1.165, 1.54) is 0 Å². The summed E-state index contributed by atoms with van der Waals surface area (Å²) in [5.74, 6) is -8.41. The van der Waals surface area contributed by atoms with E-state index in [4.69, 9.17) is 9.84 Å². The average molecular weight is 591 g/mol. The standard InChI is InChI=1S/C20H11BrF8N2O5/c21-10-5-9(36-20(27,28)29)6-13(30-14-7-15(33)31(1-2-32)18(14)34)16(10)35-17-11(22)3-8(4-12(17)23)19(24,25)26/h3-7,30,32H,1-2H2. The van der Waals surface area contributed by atoms with E-state index < -0.39 is 87.8 Å². The van der Waals surface area contributed by atoms with Crippen molar-refractivity contribution >= 4 is 33.4 Å². The lowest BCUT2D eigenvalue weighted by Gasteiger charge is -2.19. The Morgan fingerprint density at radius 1 is 0.972 bits per heavy atom. The fraction of sp³-hybridized carbons (Fsp3) is 0.200. The third-order valence-electron chi connectivity index (χ3n) is 4.38. The van der Waals surface area contributed by atoms with Crippen LogP contribution < -0.4 is 14.8 Å². The van der Waals surface area contributed by atoms with Crippen LogP contribution in [-0.2, 0) is 15.8 Å². The van der Waals surface area contributed by atoms with Crippen LogP contribution in [0.5, 0.6) is 17.2 Å². The number of carbonyl (C=O) groups is 2. The molecule has 1 heterocycles. The van der Waals surface area contributed by atoms with Gasteiger partial charge in [0, 0.05) is 12.1 Å². The highest BCUT2D eigenvalue weighted by Gasteiger charge is 2.35. The van der Waals surface area contributed by atoms with Crippen molar-refractivity contribution in [3.05, 3.63) is 57.7 Å². The van der Waals surface area contributed by atoms with Crippen molar-refractivity contribution in [1.29, 1.82) is 0 Å². The van der Waals surface area contributed by atoms with Gasteiger partial charge in [-0.1, -0.05) is 0 Å². The molecular formula is C20H11BrF8N2O5. The van der Waals surface area contributed by atoms with Gasteiger partial charge < -0.3 is 19.9 Å². The van der Waals surface area contributed by atoms with Crippen molar-refractivity contribution in [2.24, 2.45) is 0 Å². The summed E-state index contributed by atoms with van der Waals surface area (Å²) in [7, 11) is 0. The zero-order chi connectivity index (χ0) is 27.0. The number of hydrogen-bond acceptors (Lipinski definition) is 6. The van der Waals surface area contributed by atoms with E-state index in [0.29, 0.717) is 17.0 Å². The van der Waals surface area contributed by atoms with E-state index in [2.05, 4.69) is 26.0 Å². The van der Waals surface area contributed by atoms with Crippen molar-refractivity contribution in [2.45, 2.75) is 12.5 Å². The maximum atomic E-state index is 14.3. The molecule has 1 aliphatic rings. The first kappa shape index (κ1) is 27.2. The van der Waals surface area contributed by atoms with Crippen LogP contribution in [-0.4, -0.2) is 41.3 Å². The minimum absolute atomic E-state index is 0.0605. The van der Waals surface area contributed by atoms with Crippen LogP contribution in [0.3, 0.4) is 0 Å². The highest BCUT2D eigenvalue weighted by atomic mass is 79.9. The molecule has 2 aromatic rings. The summed E-state index contributed by atoms with van der Waals surface area (Å²) in [6.45, 7) is -1.01. The molecule has 0 atom stereocenters. The van der Waals surface area contributed by atoms with E-state index in [0.717, 1.165) is 6.08 Å². The molecule has 0 saturated heterocycles. The molecule has 0 unspecified atom stereocenters. The second-order valence-electron chi connectivity index (χ2n) is 6.90. The van der Waals surface area contributed by atoms with Crippen LogP contribution in [0.25, 0.3) is 0 Å². The lowest BCUT2D eigenvalue weighted by Crippen LogP contribution is -2.34. The number of aliphatic hydroxyl groups is 1. The number of nitrogens with zero attached hydrogens (tertiary/aromatic N) is 1. The highest BCUT2D eigenvalue weighted by Crippen LogP contribution is 2.44. The second-order valence-corrected chi connectivity index (χ2v) is 7.75. The first-order chi connectivity index (χ1) is 16.6. The highest BCUT2D eigenvalue weighted by molar-refractivity contribution is 9.10. The predicted molar refractivity (Wildman–Crippen MR) is 108 cm³/mol. The first-order valence-electron chi connectivity index (χ1n) is 9.39. The Bertz CT molecular complexity index is 1220. The summed E-state index contributed by atoms with van der Waals surface area (Å²) in [4.78, 5) is 24.9. The molecule has 16 heteroatoms. The van der Waals surface area contributed by atoms with Gasteiger partial charge in [0.1, 0.15) is 11.4 Å². The number of rotatable bonds is 7. The molecule has 0 spiro atoms. The molecule has 36 heavy (non-hydrogen) atoms. The quantitative estimate of drug-likeness (QED) is 0.345. The topological polar surface area (TPSA) is 88.1 Å². The van der Waals surface area contributed by atoms with Gasteiger partial charge in [-0.15, -0.1) is 13.2 Å². The number of imide groups is 1. The number of β-amino-alcohol motifs (C(OH)–C–C–N with tert-alkyl or cyclic N) is 1. The van der Waals surface area contributed by atoms with Crippen molar-refractivity contribution in [1.82, 2.24) is 4.90 Å². The number of ether oxygens (including phenoxy) is 2. The minimum atomic E-state index is -5.18. The number of alkyl halides is 6. The number of carbonyl (C=O) groups excluding carboxylic acids is 2. The molecular weight excluding hydrogens is 580 g/mol. The maximum Gasteiger partial charge on any atom is 0.573 e. The van der Waals surface area contributed by atoms with Crippen molar-refractivity contribution in [2.75, 3.05) is 18.5 Å². The SMILES string of the molecule is O=C1C=C(Nc2cc(OC(F)(F)F)cc(Br)c2Oc2c(F)cc(C(F)(F)F)cc2F)C(=O)N1CCO. The summed E-state index contributed by atoms with van der Waals surface area (Å²) in [5, 5.41) is 11.2. The third kappa shape index (κ3) is 6.04. The second kappa shape index (κ2) is 9.93. The summed E-state index contributed by atoms with van der Waals surface area (Å²) in [5.41, 5.74) is -2.79. The Kier molecular flexibility index (Phi) is 7.50. The van der Waals surface area contributed by atoms with Gasteiger partial charge in [0.25, 0.3) is 11.8 Å². The average Bonchev–Trinajstić information content (AvgIpc) is 2.98. The van der Waals surface area contributed by atoms with E-state index in [-0.39, 0.29) is 12.1 Å². The molecule has 2 amide bonds. The Morgan fingerprint density at radius 2 is 1.58 bits per heavy atom. The summed E-state index contributed by atoms with van der Waals surface area (Å²) >= 11 is 2.82. The van der Waals surface area contributed by atoms with Gasteiger partial charge in [-0.25, -0.2) is 8.78 Å². The monoisotopic (exact) mass is 590 g/mol. The summed E-state index contributed by atoms with van der Waals surface area (Å²) in [6.07, 6.45) is -9.54. The van der Waals surface area contributed by atoms with Crippen molar-refractivity contribution in [3.63, 3.8) is 0 Å². The van der Waals surface area contributed by atoms with Gasteiger partial charge in [-0.2, -0.15) is 13.2 Å². The molecule has 3 rings (SSSR count). The fourth-order valence-electron chi connectivity index (χ4n) is 2.94. The van der Waals surface area contributed by atoms with Gasteiger partial charge in [0.05, 0.1) is 28.9 Å². The number of benzene rings is 2. The number of amides is 2. The zero-order valence-corrected chi connectivity index (χ0v) is 18.8. The van der Waals surface area contributed by atoms with Gasteiger partial charge in [0.2, 0.25) is 0 Å². The number of anilines is 1. The first-order valence-corrected chi connectivity index (χ1v) is 10.2. The Balaban J connectivity index is 2.07. The number of aliphatic hydroxyl groups excluding tert-OH is 1. The predicted octanol–water partition coefficient (Wildman–Crippen LogP) is 5.09. The van der Waals surface area contributed by atoms with Crippen molar-refractivity contribution < 1.29 is 59.3 Å². The largest absolute Gasteiger partial charge is 0.573 e. The van der Waals surface area contributed by atoms with Crippen LogP contribution in [0.4, 0.5) is 40.8 Å². The Labute approximate surface area is 204 Å². The molecule has 0 bridgehead atoms. The van der Waals surface area contributed by atoms with E-state index >= 15 is 0 Å². The number of halogens is 9. The van der Waals surface area contributed by atoms with E-state index in [1.54, 1.807) is 0 Å². The van der Waals surface area contributed by atoms with Crippen LogP contribution in [0.2, 0.25) is 0 Å². The van der Waals surface area contributed by atoms with Crippen molar-refractivity contribution in [3.8, 4) is 17.2 Å². The lowest BCUT2D eigenvalue weighted by atomic mass is 10.2. The van der Waals surface area contributed by atoms with Gasteiger partial charge in [0.15, 0.2) is 23.1 Å². The molecule has 0 saturated carbocycles. The Morgan fingerprint density at radius 3 is 2.11 bits per heavy atom. The smallest absolute Gasteiger partial charge is 0.448 e. The van der Waals surface area contributed by atoms with Crippen LogP contribution >= 0.6 is 15.9 Å². The van der Waals surface area contributed by atoms with E-state index in [1.807, 2.05) is 0 Å². The van der Waals surface area contributed by atoms with Crippen LogP contribution in [0.1, 0.15) is 5.56 Å². The zero-order valence-electron chi connectivity index (χ0n) is 17.2. The fourth-order valence-corrected chi connectivity index (χ4v) is 3.46. The van der Waals surface area contributed by atoms with Crippen LogP contribution in [0.15, 0.2) is 40.5 Å². The summed E-state index contributed by atoms with van der Waals surface area (Å²) in [6, 6.07) is 1.15. The molecule has 2 N–H and O–H groups in total. The lowest BCUT2D eigenvalue weighted by molar-refractivity contribution is -0.274. The third-order valence-corrected chi connectivity index (χ3v) is 4.97. The molecule has 194 valence electrons. The Hall–Kier alpha value is -3.40. The maximum absolute atomic E-state index is 14.3. The minimum Gasteiger partial charge on any atom is -0.448 e. The molecule has 2 aromatic carbocycles. The molecule has 0 radical (unpaired) electrons. The van der Waals surface area contributed by atoms with Gasteiger partial charge in [-0.3, -0.25) is 14.5 Å². The molecule has 1 aliphatic heterocycles. The molecule has 0 fully saturated rings. The van der Waals surface area contributed by atoms with Gasteiger partial charge >= 0.3 is 12.5 Å². The van der Waals surface area contributed by atoms with Crippen LogP contribution in [0, 0.1) is 11.6 Å².